The molecule has 0 fully saturated rings. The number of likely N-dealkylation sites (N-methyl/N-ethyl adjacent to an activating group) is 1. The van der Waals surface area contributed by atoms with Crippen LogP contribution in [0.1, 0.15) is 59.1 Å². The van der Waals surface area contributed by atoms with Crippen LogP contribution in [0.25, 0.3) is 44.6 Å². The number of anilines is 2. The highest BCUT2D eigenvalue weighted by molar-refractivity contribution is 5.99. The largest absolute Gasteiger partial charge is 0.471 e. The second kappa shape index (κ2) is 16.4. The summed E-state index contributed by atoms with van der Waals surface area (Å²) in [5, 5.41) is 10.3. The third-order valence-electron chi connectivity index (χ3n) is 9.28. The van der Waals surface area contributed by atoms with Crippen LogP contribution < -0.4 is 11.5 Å². The minimum Gasteiger partial charge on any atom is -0.383 e. The van der Waals surface area contributed by atoms with E-state index >= 15 is 0 Å². The lowest BCUT2D eigenvalue weighted by atomic mass is 9.97. The number of carbonyl (C=O) groups is 2. The predicted octanol–water partition coefficient (Wildman–Crippen LogP) is 7.81. The number of alkyl halides is 6. The molecule has 0 aliphatic rings. The Hall–Kier alpha value is -6.14. The van der Waals surface area contributed by atoms with Crippen molar-refractivity contribution in [2.75, 3.05) is 25.1 Å². The van der Waals surface area contributed by atoms with Crippen molar-refractivity contribution in [1.29, 1.82) is 0 Å². The lowest BCUT2D eigenvalue weighted by molar-refractivity contribution is -0.185. The number of amides is 1. The Labute approximate surface area is 330 Å². The number of hydrogen-bond donors (Lipinski definition) is 2. The van der Waals surface area contributed by atoms with Crippen molar-refractivity contribution in [2.24, 2.45) is 0 Å². The smallest absolute Gasteiger partial charge is 0.383 e. The molecular formula is C39H45F6N11O2. The van der Waals surface area contributed by atoms with Gasteiger partial charge in [-0.25, -0.2) is 29.3 Å². The molecule has 6 rings (SSSR count). The van der Waals surface area contributed by atoms with Crippen molar-refractivity contribution in [1.82, 2.24) is 44.4 Å². The number of benzene rings is 2. The van der Waals surface area contributed by atoms with E-state index in [0.717, 1.165) is 29.3 Å². The van der Waals surface area contributed by atoms with Gasteiger partial charge < -0.3 is 16.4 Å². The van der Waals surface area contributed by atoms with Crippen molar-refractivity contribution < 1.29 is 35.9 Å². The van der Waals surface area contributed by atoms with Gasteiger partial charge in [0, 0.05) is 31.1 Å². The van der Waals surface area contributed by atoms with Gasteiger partial charge in [0.15, 0.2) is 11.3 Å². The monoisotopic (exact) mass is 813 g/mol. The highest BCUT2D eigenvalue weighted by Gasteiger charge is 2.43. The van der Waals surface area contributed by atoms with Gasteiger partial charge in [0.2, 0.25) is 5.78 Å². The number of nitrogen functional groups attached to an aromatic ring is 2. The summed E-state index contributed by atoms with van der Waals surface area (Å²) < 4.78 is 79.1. The number of aryl methyl sites for hydroxylation is 2. The molecule has 0 bridgehead atoms. The van der Waals surface area contributed by atoms with Crippen LogP contribution in [0.4, 0.5) is 38.0 Å². The number of carbonyl (C=O) groups excluding carboxylic acids is 2. The zero-order chi connectivity index (χ0) is 42.2. The molecule has 13 nitrogen and oxygen atoms in total. The number of hydrogen-bond acceptors (Lipinski definition) is 10. The lowest BCUT2D eigenvalue weighted by Crippen LogP contribution is -2.47. The highest BCUT2D eigenvalue weighted by Crippen LogP contribution is 2.36. The maximum atomic E-state index is 12.8. The quantitative estimate of drug-likeness (QED) is 0.137. The van der Waals surface area contributed by atoms with E-state index in [4.69, 9.17) is 11.5 Å². The number of Topliss-reactive ketones (excluding diaryl/α,β-unsaturated/α-hetero) is 1. The molecule has 58 heavy (non-hydrogen) atoms. The normalized spacial score (nSPS) is 12.2. The summed E-state index contributed by atoms with van der Waals surface area (Å²) >= 11 is 0. The van der Waals surface area contributed by atoms with Gasteiger partial charge in [-0.15, -0.1) is 0 Å². The fourth-order valence-corrected chi connectivity index (χ4v) is 6.22. The molecule has 4 N–H and O–H groups in total. The van der Waals surface area contributed by atoms with Crippen LogP contribution in [0.3, 0.4) is 0 Å². The minimum absolute atomic E-state index is 0. The highest BCUT2D eigenvalue weighted by atomic mass is 19.4. The lowest BCUT2D eigenvalue weighted by Gasteiger charge is -2.31. The number of ketones is 1. The molecule has 0 unspecified atom stereocenters. The molecule has 1 amide bonds. The molecule has 0 saturated carbocycles. The maximum Gasteiger partial charge on any atom is 0.471 e. The van der Waals surface area contributed by atoms with E-state index in [1.807, 2.05) is 62.4 Å². The van der Waals surface area contributed by atoms with Crippen LogP contribution in [0.2, 0.25) is 0 Å². The van der Waals surface area contributed by atoms with Crippen LogP contribution in [0.15, 0.2) is 61.2 Å². The Balaban J connectivity index is 0.000000252. The molecule has 0 radical (unpaired) electrons. The van der Waals surface area contributed by atoms with Gasteiger partial charge in [0.1, 0.15) is 35.7 Å². The average molecular weight is 814 g/mol. The Kier molecular flexibility index (Phi) is 12.6. The number of aromatic nitrogens is 8. The molecule has 310 valence electrons. The van der Waals surface area contributed by atoms with E-state index in [1.54, 1.807) is 27.7 Å². The second-order valence-corrected chi connectivity index (χ2v) is 14.9. The van der Waals surface area contributed by atoms with E-state index in [9.17, 15) is 35.9 Å². The topological polar surface area (TPSA) is 177 Å². The maximum absolute atomic E-state index is 12.8. The first-order valence-corrected chi connectivity index (χ1v) is 17.5. The van der Waals surface area contributed by atoms with Crippen LogP contribution in [0, 0.1) is 13.8 Å². The van der Waals surface area contributed by atoms with Crippen molar-refractivity contribution >= 4 is 45.4 Å². The van der Waals surface area contributed by atoms with E-state index in [2.05, 4.69) is 30.1 Å². The van der Waals surface area contributed by atoms with E-state index in [1.165, 1.54) is 22.0 Å². The third-order valence-corrected chi connectivity index (χ3v) is 9.28. The zero-order valence-corrected chi connectivity index (χ0v) is 32.2. The SMILES string of the molecule is C.Cc1ccc(-c2nn(C(C)(C)CCC(=O)C(F)(F)F)c3ncnc(N)c23)cc1.Cc1ccc(-c2nn(C(C)(C)CN(C)C(=O)C(F)(F)F)c3ncnc(N)c23)cc1. The zero-order valence-electron chi connectivity index (χ0n) is 32.2. The summed E-state index contributed by atoms with van der Waals surface area (Å²) in [6.07, 6.45) is -7.93. The molecule has 0 saturated heterocycles. The van der Waals surface area contributed by atoms with Crippen LogP contribution in [-0.4, -0.2) is 82.0 Å². The standard InChI is InChI=1S/C19H21F3N6O.C19H20F3N5O.CH4/c1-11-5-7-12(8-6-11)14-13-15(23)24-10-25-16(13)28(26-14)18(2,3)9-27(4)17(29)19(20,21)22;1-11-4-6-12(7-5-11)15-14-16(23)24-10-25-17(14)27(26-15)18(2,3)9-8-13(28)19(20,21)22;/h5-8,10H,9H2,1-4H3,(H2,23,24,25);4-7,10H,8-9H2,1-3H3,(H2,23,24,25);1H4. The minimum atomic E-state index is -4.95. The van der Waals surface area contributed by atoms with E-state index in [0.29, 0.717) is 38.4 Å². The summed E-state index contributed by atoms with van der Waals surface area (Å²) in [5.41, 5.74) is 15.8. The van der Waals surface area contributed by atoms with Crippen LogP contribution >= 0.6 is 0 Å². The van der Waals surface area contributed by atoms with Gasteiger partial charge in [-0.05, 0) is 48.0 Å². The first kappa shape index (κ1) is 44.6. The Bertz CT molecular complexity index is 2420. The summed E-state index contributed by atoms with van der Waals surface area (Å²) in [7, 11) is 1.10. The number of nitrogens with two attached hydrogens (primary N) is 2. The van der Waals surface area contributed by atoms with Gasteiger partial charge in [-0.1, -0.05) is 67.1 Å². The van der Waals surface area contributed by atoms with Crippen molar-refractivity contribution in [3.8, 4) is 22.5 Å². The molecule has 0 spiro atoms. The molecular weight excluding hydrogens is 768 g/mol. The molecule has 19 heteroatoms. The Morgan fingerprint density at radius 3 is 1.43 bits per heavy atom. The summed E-state index contributed by atoms with van der Waals surface area (Å²) in [5.74, 6) is -3.23. The Morgan fingerprint density at radius 1 is 0.655 bits per heavy atom. The summed E-state index contributed by atoms with van der Waals surface area (Å²) in [6, 6.07) is 15.2. The number of halogens is 6. The fourth-order valence-electron chi connectivity index (χ4n) is 6.22. The molecule has 0 atom stereocenters. The summed E-state index contributed by atoms with van der Waals surface area (Å²) in [4.78, 5) is 40.1. The second-order valence-electron chi connectivity index (χ2n) is 14.9. The van der Waals surface area contributed by atoms with E-state index in [-0.39, 0.29) is 32.0 Å². The predicted molar refractivity (Wildman–Crippen MR) is 209 cm³/mol. The van der Waals surface area contributed by atoms with Gasteiger partial charge in [0.05, 0.1) is 21.9 Å². The van der Waals surface area contributed by atoms with Crippen molar-refractivity contribution in [2.45, 2.75) is 85.2 Å². The molecule has 4 heterocycles. The number of fused-ring (bicyclic) bond motifs is 2. The molecule has 0 aliphatic heterocycles. The van der Waals surface area contributed by atoms with E-state index < -0.39 is 41.5 Å². The number of rotatable bonds is 9. The third kappa shape index (κ3) is 9.34. The Morgan fingerprint density at radius 2 is 1.05 bits per heavy atom. The summed E-state index contributed by atoms with van der Waals surface area (Å²) in [6.45, 7) is 10.4. The molecule has 2 aromatic carbocycles. The molecule has 0 aliphatic carbocycles. The van der Waals surface area contributed by atoms with Gasteiger partial charge in [-0.2, -0.15) is 36.5 Å². The van der Waals surface area contributed by atoms with Crippen molar-refractivity contribution in [3.05, 3.63) is 72.3 Å². The first-order valence-electron chi connectivity index (χ1n) is 17.5. The van der Waals surface area contributed by atoms with Crippen LogP contribution in [-0.2, 0) is 20.7 Å². The van der Waals surface area contributed by atoms with Gasteiger partial charge in [0.25, 0.3) is 0 Å². The first-order chi connectivity index (χ1) is 26.4. The number of nitrogens with zero attached hydrogens (tertiary/aromatic N) is 9. The molecule has 6 aromatic rings. The van der Waals surface area contributed by atoms with Crippen molar-refractivity contribution in [3.63, 3.8) is 0 Å². The average Bonchev–Trinajstić information content (AvgIpc) is 3.73. The van der Waals surface area contributed by atoms with Crippen LogP contribution in [0.5, 0.6) is 0 Å². The van der Waals surface area contributed by atoms with Gasteiger partial charge >= 0.3 is 18.3 Å². The fraction of sp³-hybridized carbons (Fsp3) is 0.385. The van der Waals surface area contributed by atoms with Gasteiger partial charge in [-0.3, -0.25) is 9.59 Å². The molecule has 4 aromatic heterocycles.